The van der Waals surface area contributed by atoms with Crippen molar-refractivity contribution in [3.63, 3.8) is 0 Å². The van der Waals surface area contributed by atoms with E-state index in [1.807, 2.05) is 27.7 Å². The fourth-order valence-electron chi connectivity index (χ4n) is 3.36. The molecule has 0 unspecified atom stereocenters. The summed E-state index contributed by atoms with van der Waals surface area (Å²) < 4.78 is 11.5. The molecule has 0 aliphatic carbocycles. The van der Waals surface area contributed by atoms with E-state index >= 15 is 0 Å². The third-order valence-corrected chi connectivity index (χ3v) is 6.53. The van der Waals surface area contributed by atoms with E-state index in [0.717, 1.165) is 0 Å². The van der Waals surface area contributed by atoms with Crippen LogP contribution < -0.4 is 5.32 Å². The lowest BCUT2D eigenvalue weighted by Crippen LogP contribution is -2.40. The summed E-state index contributed by atoms with van der Waals surface area (Å²) in [5.74, 6) is -1.03. The number of thioether (sulfide) groups is 1. The van der Waals surface area contributed by atoms with Crippen LogP contribution in [-0.4, -0.2) is 48.4 Å². The molecular weight excluding hydrogens is 460 g/mol. The molecule has 1 aromatic carbocycles. The number of halogens is 2. The van der Waals surface area contributed by atoms with E-state index in [1.165, 1.54) is 23.9 Å². The van der Waals surface area contributed by atoms with Gasteiger partial charge >= 0.3 is 13.1 Å². The average Bonchev–Trinajstić information content (AvgIpc) is 2.69. The molecule has 170 valence electrons. The van der Waals surface area contributed by atoms with E-state index < -0.39 is 13.0 Å². The van der Waals surface area contributed by atoms with Crippen LogP contribution in [-0.2, 0) is 18.9 Å². The molecule has 10 heteroatoms. The highest BCUT2D eigenvalue weighted by molar-refractivity contribution is 8.01. The minimum absolute atomic E-state index is 0.121. The molecule has 0 radical (unpaired) electrons. The molecule has 0 saturated carbocycles. The Labute approximate surface area is 198 Å². The second-order valence-electron chi connectivity index (χ2n) is 8.17. The minimum Gasteiger partial charge on any atom is -0.508 e. The lowest BCUT2D eigenvalue weighted by molar-refractivity contribution is -0.135. The van der Waals surface area contributed by atoms with Crippen molar-refractivity contribution in [1.82, 2.24) is 5.32 Å². The maximum absolute atomic E-state index is 12.7. The zero-order valence-electron chi connectivity index (χ0n) is 18.2. The molecule has 3 atom stereocenters. The molecule has 1 N–H and O–H groups in total. The molecule has 31 heavy (non-hydrogen) atoms. The topological polar surface area (TPSA) is 81.7 Å². The van der Waals surface area contributed by atoms with Gasteiger partial charge in [-0.15, -0.1) is 11.8 Å². The number of carbonyl (C=O) groups excluding carboxylic acids is 3. The number of Topliss-reactive ketones (excluding diaryl/α,β-unsaturated/α-hetero) is 1. The van der Waals surface area contributed by atoms with Gasteiger partial charge in [0.05, 0.1) is 22.4 Å². The number of rotatable bonds is 8. The number of hydrogen-bond acceptors (Lipinski definition) is 6. The first-order valence-corrected chi connectivity index (χ1v) is 12.0. The molecule has 1 amide bonds. The number of benzene rings is 1. The molecule has 2 rings (SSSR count). The molecule has 1 aromatic rings. The molecule has 1 fully saturated rings. The van der Waals surface area contributed by atoms with Gasteiger partial charge in [0.15, 0.2) is 5.78 Å². The van der Waals surface area contributed by atoms with Crippen LogP contribution in [0, 0.1) is 5.92 Å². The van der Waals surface area contributed by atoms with Gasteiger partial charge in [0, 0.05) is 29.1 Å². The van der Waals surface area contributed by atoms with Gasteiger partial charge in [0.25, 0.3) is 5.91 Å². The highest BCUT2D eigenvalue weighted by Crippen LogP contribution is 2.30. The molecule has 0 spiro atoms. The van der Waals surface area contributed by atoms with Crippen LogP contribution in [0.2, 0.25) is 15.9 Å². The van der Waals surface area contributed by atoms with Crippen LogP contribution in [0.1, 0.15) is 50.9 Å². The second kappa shape index (κ2) is 12.1. The summed E-state index contributed by atoms with van der Waals surface area (Å²) in [7, 11) is -0.789. The molecule has 0 bridgehead atoms. The van der Waals surface area contributed by atoms with Gasteiger partial charge < -0.3 is 14.6 Å². The van der Waals surface area contributed by atoms with Crippen molar-refractivity contribution in [1.29, 1.82) is 0 Å². The van der Waals surface area contributed by atoms with Crippen molar-refractivity contribution in [2.45, 2.75) is 56.9 Å². The van der Waals surface area contributed by atoms with Crippen LogP contribution in [0.4, 0.5) is 0 Å². The third kappa shape index (κ3) is 8.33. The predicted molar refractivity (Wildman–Crippen MR) is 126 cm³/mol. The van der Waals surface area contributed by atoms with E-state index in [9.17, 15) is 14.4 Å². The number of amides is 1. The van der Waals surface area contributed by atoms with Gasteiger partial charge in [0.2, 0.25) is 0 Å². The predicted octanol–water partition coefficient (Wildman–Crippen LogP) is 4.67. The molecule has 0 aromatic heterocycles. The summed E-state index contributed by atoms with van der Waals surface area (Å²) in [6, 6.07) is 4.56. The minimum atomic E-state index is -0.789. The van der Waals surface area contributed by atoms with Gasteiger partial charge in [-0.2, -0.15) is 0 Å². The van der Waals surface area contributed by atoms with E-state index in [-0.39, 0.29) is 57.5 Å². The number of ketones is 1. The zero-order valence-corrected chi connectivity index (χ0v) is 20.5. The first kappa shape index (κ1) is 26.0. The fraction of sp³-hybridized carbons (Fsp3) is 0.571. The van der Waals surface area contributed by atoms with Crippen molar-refractivity contribution in [3.8, 4) is 0 Å². The summed E-state index contributed by atoms with van der Waals surface area (Å²) >= 11 is 13.5. The average molecular weight is 488 g/mol. The number of hydrogen-bond donors (Lipinski definition) is 1. The lowest BCUT2D eigenvalue weighted by Gasteiger charge is -2.29. The maximum atomic E-state index is 12.7. The Balaban J connectivity index is 2.02. The van der Waals surface area contributed by atoms with Crippen molar-refractivity contribution >= 4 is 59.7 Å². The Hall–Kier alpha value is -1.22. The Morgan fingerprint density at radius 2 is 2.00 bits per heavy atom. The van der Waals surface area contributed by atoms with E-state index in [1.54, 1.807) is 6.07 Å². The van der Waals surface area contributed by atoms with E-state index in [0.29, 0.717) is 18.1 Å². The molecule has 1 aliphatic heterocycles. The Bertz CT molecular complexity index is 810. The van der Waals surface area contributed by atoms with Gasteiger partial charge in [-0.1, -0.05) is 44.0 Å². The SMILES string of the molecule is CC(C)C[C@H](CC(=O)CNC(=O)c1cc(Cl)ccc1Cl)B1OC[C@H](C)S[C@H](C)C(=O)O1. The van der Waals surface area contributed by atoms with Crippen LogP contribution >= 0.6 is 35.0 Å². The Morgan fingerprint density at radius 1 is 1.29 bits per heavy atom. The fourth-order valence-corrected chi connectivity index (χ4v) is 4.75. The molecule has 1 heterocycles. The summed E-state index contributed by atoms with van der Waals surface area (Å²) in [6.07, 6.45) is 0.767. The second-order valence-corrected chi connectivity index (χ2v) is 10.8. The Kier molecular flexibility index (Phi) is 10.2. The van der Waals surface area contributed by atoms with Crippen molar-refractivity contribution in [3.05, 3.63) is 33.8 Å². The Morgan fingerprint density at radius 3 is 2.68 bits per heavy atom. The molecule has 1 aliphatic rings. The summed E-state index contributed by atoms with van der Waals surface area (Å²) in [5.41, 5.74) is 0.207. The van der Waals surface area contributed by atoms with Gasteiger partial charge in [-0.25, -0.2) is 0 Å². The zero-order chi connectivity index (χ0) is 23.1. The molecular formula is C21H28BCl2NO5S. The monoisotopic (exact) mass is 487 g/mol. The van der Waals surface area contributed by atoms with Crippen molar-refractivity contribution in [2.24, 2.45) is 5.92 Å². The normalized spacial score (nSPS) is 20.6. The number of carbonyl (C=O) groups is 3. The highest BCUT2D eigenvalue weighted by atomic mass is 35.5. The third-order valence-electron chi connectivity index (χ3n) is 4.76. The molecule has 1 saturated heterocycles. The van der Waals surface area contributed by atoms with Gasteiger partial charge in [0.1, 0.15) is 0 Å². The highest BCUT2D eigenvalue weighted by Gasteiger charge is 2.39. The van der Waals surface area contributed by atoms with Crippen LogP contribution in [0.5, 0.6) is 0 Å². The van der Waals surface area contributed by atoms with Crippen LogP contribution in [0.3, 0.4) is 0 Å². The smallest absolute Gasteiger partial charge is 0.508 e. The van der Waals surface area contributed by atoms with Crippen LogP contribution in [0.25, 0.3) is 0 Å². The summed E-state index contributed by atoms with van der Waals surface area (Å²) in [4.78, 5) is 37.4. The summed E-state index contributed by atoms with van der Waals surface area (Å²) in [6.45, 7) is 8.14. The van der Waals surface area contributed by atoms with Crippen LogP contribution in [0.15, 0.2) is 18.2 Å². The van der Waals surface area contributed by atoms with Gasteiger partial charge in [-0.3, -0.25) is 14.4 Å². The molecule has 6 nitrogen and oxygen atoms in total. The quantitative estimate of drug-likeness (QED) is 0.536. The first-order chi connectivity index (χ1) is 14.6. The first-order valence-electron chi connectivity index (χ1n) is 10.3. The largest absolute Gasteiger partial charge is 0.531 e. The van der Waals surface area contributed by atoms with E-state index in [4.69, 9.17) is 32.5 Å². The lowest BCUT2D eigenvalue weighted by atomic mass is 9.65. The van der Waals surface area contributed by atoms with Crippen molar-refractivity contribution in [2.75, 3.05) is 13.2 Å². The maximum Gasteiger partial charge on any atom is 0.531 e. The van der Waals surface area contributed by atoms with Gasteiger partial charge in [-0.05, 0) is 37.5 Å². The number of nitrogens with one attached hydrogen (secondary N) is 1. The van der Waals surface area contributed by atoms with Crippen molar-refractivity contribution < 1.29 is 23.7 Å². The standard InChI is InChI=1S/C21H28BCl2NO5S/c1-12(2)7-15(22-29-11-13(3)31-14(4)21(28)30-22)8-17(26)10-25-20(27)18-9-16(23)5-6-19(18)24/h5-6,9,12-15H,7-8,10-11H2,1-4H3,(H,25,27)/t13-,14+,15+/m0/s1. The summed E-state index contributed by atoms with van der Waals surface area (Å²) in [5, 5.41) is 3.07. The van der Waals surface area contributed by atoms with E-state index in [2.05, 4.69) is 5.32 Å².